The average molecular weight is 432 g/mol. The van der Waals surface area contributed by atoms with Crippen LogP contribution in [0.15, 0.2) is 109 Å². The van der Waals surface area contributed by atoms with Crippen molar-refractivity contribution in [2.24, 2.45) is 0 Å². The number of rotatable bonds is 3. The fraction of sp³-hybridized carbons (Fsp3) is 0. The average Bonchev–Trinajstić information content (AvgIpc) is 3.22. The molecule has 0 saturated heterocycles. The molecule has 0 spiro atoms. The molecule has 0 unspecified atom stereocenters. The molecule has 0 saturated carbocycles. The summed E-state index contributed by atoms with van der Waals surface area (Å²) < 4.78 is 15.8. The van der Waals surface area contributed by atoms with Gasteiger partial charge in [0.1, 0.15) is 5.82 Å². The number of hydrogen-bond acceptors (Lipinski definition) is 2. The van der Waals surface area contributed by atoms with E-state index >= 15 is 0 Å². The molecule has 0 N–H and O–H groups in total. The van der Waals surface area contributed by atoms with Crippen LogP contribution in [0.3, 0.4) is 0 Å². The lowest BCUT2D eigenvalue weighted by Crippen LogP contribution is -1.85. The lowest BCUT2D eigenvalue weighted by molar-refractivity contribution is 0.628. The molecule has 0 aliphatic heterocycles. The van der Waals surface area contributed by atoms with Gasteiger partial charge in [0.05, 0.1) is 5.69 Å². The van der Waals surface area contributed by atoms with E-state index in [0.717, 1.165) is 27.9 Å². The van der Waals surface area contributed by atoms with Crippen molar-refractivity contribution < 1.29 is 4.39 Å². The number of hydrogen-bond donors (Lipinski definition) is 0. The third kappa shape index (κ3) is 3.37. The zero-order valence-electron chi connectivity index (χ0n) is 17.1. The van der Waals surface area contributed by atoms with E-state index in [-0.39, 0.29) is 5.82 Å². The molecule has 6 rings (SSSR count). The van der Waals surface area contributed by atoms with Gasteiger partial charge >= 0.3 is 0 Å². The van der Waals surface area contributed by atoms with Gasteiger partial charge in [0.2, 0.25) is 0 Å². The first-order valence-corrected chi connectivity index (χ1v) is 11.3. The summed E-state index contributed by atoms with van der Waals surface area (Å²) in [5.41, 5.74) is 6.55. The van der Waals surface area contributed by atoms with Crippen LogP contribution >= 0.6 is 11.3 Å². The van der Waals surface area contributed by atoms with Gasteiger partial charge in [-0.3, -0.25) is 4.98 Å². The highest BCUT2D eigenvalue weighted by Gasteiger charge is 2.10. The Hall–Kier alpha value is -3.82. The Morgan fingerprint density at radius 3 is 2.09 bits per heavy atom. The van der Waals surface area contributed by atoms with Gasteiger partial charge in [0.25, 0.3) is 0 Å². The largest absolute Gasteiger partial charge is 0.256 e. The molecule has 2 aromatic heterocycles. The summed E-state index contributed by atoms with van der Waals surface area (Å²) in [5.74, 6) is -0.214. The Morgan fingerprint density at radius 2 is 1.25 bits per heavy atom. The molecule has 3 heteroatoms. The van der Waals surface area contributed by atoms with E-state index in [1.165, 1.54) is 37.9 Å². The molecule has 0 aliphatic rings. The van der Waals surface area contributed by atoms with Crippen LogP contribution in [0, 0.1) is 5.82 Å². The van der Waals surface area contributed by atoms with Gasteiger partial charge in [-0.2, -0.15) is 0 Å². The van der Waals surface area contributed by atoms with Crippen LogP contribution in [0.5, 0.6) is 0 Å². The fourth-order valence-electron chi connectivity index (χ4n) is 4.16. The lowest BCUT2D eigenvalue weighted by Gasteiger charge is -2.06. The van der Waals surface area contributed by atoms with Gasteiger partial charge in [-0.15, -0.1) is 11.3 Å². The summed E-state index contributed by atoms with van der Waals surface area (Å²) in [7, 11) is 0. The van der Waals surface area contributed by atoms with E-state index in [1.54, 1.807) is 11.3 Å². The topological polar surface area (TPSA) is 12.9 Å². The maximum atomic E-state index is 13.3. The highest BCUT2D eigenvalue weighted by atomic mass is 32.1. The molecule has 4 aromatic carbocycles. The lowest BCUT2D eigenvalue weighted by atomic mass is 10.0. The number of halogens is 1. The van der Waals surface area contributed by atoms with Crippen molar-refractivity contribution in [2.75, 3.05) is 0 Å². The highest BCUT2D eigenvalue weighted by molar-refractivity contribution is 7.25. The fourth-order valence-corrected chi connectivity index (χ4v) is 5.28. The first-order chi connectivity index (χ1) is 15.7. The number of benzene rings is 4. The van der Waals surface area contributed by atoms with Crippen molar-refractivity contribution in [3.05, 3.63) is 115 Å². The quantitative estimate of drug-likeness (QED) is 0.273. The SMILES string of the molecule is Fc1ccc(-c2ccc3c(c2)sc2ccc(-c4cc(-c5ccccc5)ccn4)cc23)cc1. The molecular weight excluding hydrogens is 413 g/mol. The van der Waals surface area contributed by atoms with E-state index in [2.05, 4.69) is 71.7 Å². The van der Waals surface area contributed by atoms with Gasteiger partial charge < -0.3 is 0 Å². The molecule has 1 nitrogen and oxygen atoms in total. The van der Waals surface area contributed by atoms with Crippen molar-refractivity contribution in [2.45, 2.75) is 0 Å². The first-order valence-electron chi connectivity index (χ1n) is 10.5. The van der Waals surface area contributed by atoms with Gasteiger partial charge in [-0.05, 0) is 64.7 Å². The van der Waals surface area contributed by atoms with E-state index in [4.69, 9.17) is 0 Å². The maximum absolute atomic E-state index is 13.3. The smallest absolute Gasteiger partial charge is 0.123 e. The third-order valence-corrected chi connectivity index (χ3v) is 6.95. The Morgan fingerprint density at radius 1 is 0.531 bits per heavy atom. The predicted octanol–water partition coefficient (Wildman–Crippen LogP) is 8.59. The Balaban J connectivity index is 1.43. The molecule has 6 aromatic rings. The van der Waals surface area contributed by atoms with Crippen LogP contribution in [-0.2, 0) is 0 Å². The van der Waals surface area contributed by atoms with E-state index in [9.17, 15) is 4.39 Å². The standard InChI is InChI=1S/C29H18FNS/c30-24-10-6-20(7-11-24)21-8-12-25-26-16-23(9-13-28(26)32-29(25)18-21)27-17-22(14-15-31-27)19-4-2-1-3-5-19/h1-18H. The van der Waals surface area contributed by atoms with E-state index in [1.807, 2.05) is 30.5 Å². The van der Waals surface area contributed by atoms with E-state index < -0.39 is 0 Å². The molecule has 0 bridgehead atoms. The van der Waals surface area contributed by atoms with Crippen molar-refractivity contribution in [1.82, 2.24) is 4.98 Å². The van der Waals surface area contributed by atoms with Crippen molar-refractivity contribution in [3.8, 4) is 33.5 Å². The van der Waals surface area contributed by atoms with Gasteiger partial charge in [-0.1, -0.05) is 60.7 Å². The monoisotopic (exact) mass is 431 g/mol. The highest BCUT2D eigenvalue weighted by Crippen LogP contribution is 2.38. The molecule has 2 heterocycles. The van der Waals surface area contributed by atoms with Crippen LogP contribution in [0.4, 0.5) is 4.39 Å². The maximum Gasteiger partial charge on any atom is 0.123 e. The Kier molecular flexibility index (Phi) is 4.55. The molecule has 152 valence electrons. The van der Waals surface area contributed by atoms with Gasteiger partial charge in [0, 0.05) is 31.9 Å². The number of aromatic nitrogens is 1. The normalized spacial score (nSPS) is 11.3. The summed E-state index contributed by atoms with van der Waals surface area (Å²) >= 11 is 1.78. The Bertz CT molecular complexity index is 1570. The summed E-state index contributed by atoms with van der Waals surface area (Å²) in [6.45, 7) is 0. The van der Waals surface area contributed by atoms with Crippen LogP contribution in [0.1, 0.15) is 0 Å². The second-order valence-electron chi connectivity index (χ2n) is 7.83. The summed E-state index contributed by atoms with van der Waals surface area (Å²) in [6.07, 6.45) is 1.88. The van der Waals surface area contributed by atoms with Gasteiger partial charge in [0.15, 0.2) is 0 Å². The zero-order valence-corrected chi connectivity index (χ0v) is 17.9. The molecule has 0 radical (unpaired) electrons. The number of nitrogens with zero attached hydrogens (tertiary/aromatic N) is 1. The molecule has 0 aliphatic carbocycles. The van der Waals surface area contributed by atoms with Crippen molar-refractivity contribution in [1.29, 1.82) is 0 Å². The van der Waals surface area contributed by atoms with Crippen LogP contribution < -0.4 is 0 Å². The minimum atomic E-state index is -0.214. The second kappa shape index (κ2) is 7.70. The molecule has 0 amide bonds. The number of fused-ring (bicyclic) bond motifs is 3. The summed E-state index contributed by atoms with van der Waals surface area (Å²) in [5, 5.41) is 2.47. The third-order valence-electron chi connectivity index (χ3n) is 5.81. The number of thiophene rings is 1. The summed E-state index contributed by atoms with van der Waals surface area (Å²) in [4.78, 5) is 4.64. The van der Waals surface area contributed by atoms with Crippen LogP contribution in [0.25, 0.3) is 53.7 Å². The van der Waals surface area contributed by atoms with Crippen LogP contribution in [0.2, 0.25) is 0 Å². The van der Waals surface area contributed by atoms with E-state index in [0.29, 0.717) is 0 Å². The van der Waals surface area contributed by atoms with Crippen molar-refractivity contribution >= 4 is 31.5 Å². The Labute approximate surface area is 189 Å². The predicted molar refractivity (Wildman–Crippen MR) is 133 cm³/mol. The minimum Gasteiger partial charge on any atom is -0.256 e. The minimum absolute atomic E-state index is 0.214. The van der Waals surface area contributed by atoms with Crippen LogP contribution in [-0.4, -0.2) is 4.98 Å². The van der Waals surface area contributed by atoms with Crippen molar-refractivity contribution in [3.63, 3.8) is 0 Å². The summed E-state index contributed by atoms with van der Waals surface area (Å²) in [6, 6.07) is 34.3. The second-order valence-corrected chi connectivity index (χ2v) is 8.91. The molecular formula is C29H18FNS. The molecule has 0 atom stereocenters. The number of pyridine rings is 1. The zero-order chi connectivity index (χ0) is 21.5. The molecule has 0 fully saturated rings. The molecule has 32 heavy (non-hydrogen) atoms. The first kappa shape index (κ1) is 18.9. The van der Waals surface area contributed by atoms with Gasteiger partial charge in [-0.25, -0.2) is 4.39 Å².